The van der Waals surface area contributed by atoms with Crippen molar-refractivity contribution in [3.05, 3.63) is 94.7 Å². The molecule has 0 aliphatic carbocycles. The number of hydrogen-bond donors (Lipinski definition) is 2. The van der Waals surface area contributed by atoms with Crippen LogP contribution in [0, 0.1) is 12.8 Å². The molecule has 44 heavy (non-hydrogen) atoms. The largest absolute Gasteiger partial charge is 1.00 e. The third kappa shape index (κ3) is 8.33. The van der Waals surface area contributed by atoms with Crippen LogP contribution in [0.1, 0.15) is 66.2 Å². The third-order valence-electron chi connectivity index (χ3n) is 7.57. The molecule has 228 valence electrons. The maximum absolute atomic E-state index is 13.0. The van der Waals surface area contributed by atoms with Gasteiger partial charge in [0, 0.05) is 48.1 Å². The first-order valence-electron chi connectivity index (χ1n) is 14.8. The van der Waals surface area contributed by atoms with Gasteiger partial charge >= 0.3 is 29.6 Å². The van der Waals surface area contributed by atoms with E-state index in [-0.39, 0.29) is 51.8 Å². The number of fused-ring (bicyclic) bond motifs is 1. The fourth-order valence-electron chi connectivity index (χ4n) is 5.31. The summed E-state index contributed by atoms with van der Waals surface area (Å²) < 4.78 is 35.8. The van der Waals surface area contributed by atoms with E-state index in [9.17, 15) is 18.0 Å². The van der Waals surface area contributed by atoms with Gasteiger partial charge in [-0.25, -0.2) is 13.1 Å². The number of ether oxygens (including phenoxy) is 1. The van der Waals surface area contributed by atoms with E-state index in [1.807, 2.05) is 13.8 Å². The zero-order valence-corrected chi connectivity index (χ0v) is 29.4. The van der Waals surface area contributed by atoms with Crippen LogP contribution >= 0.6 is 0 Å². The van der Waals surface area contributed by atoms with Crippen LogP contribution in [0.5, 0.6) is 5.75 Å². The summed E-state index contributed by atoms with van der Waals surface area (Å²) in [6.45, 7) is 9.36. The molecule has 0 aliphatic rings. The van der Waals surface area contributed by atoms with Crippen LogP contribution in [-0.2, 0) is 34.2 Å². The number of amides is 2. The molecule has 1 atom stereocenters. The fraction of sp³-hybridized carbons (Fsp3) is 0.353. The van der Waals surface area contributed by atoms with Crippen LogP contribution in [0.2, 0.25) is 0 Å². The van der Waals surface area contributed by atoms with Gasteiger partial charge in [-0.15, -0.1) is 0 Å². The number of hydrogen-bond acceptors (Lipinski definition) is 5. The summed E-state index contributed by atoms with van der Waals surface area (Å²) in [6.07, 6.45) is 5.24. The monoisotopic (exact) mass is 626 g/mol. The summed E-state index contributed by atoms with van der Waals surface area (Å²) in [7, 11) is -2.50. The minimum atomic E-state index is -4.03. The molecule has 2 amide bonds. The Balaban J connectivity index is 0.00000529. The van der Waals surface area contributed by atoms with E-state index in [0.717, 1.165) is 47.0 Å². The number of aromatic nitrogens is 1. The van der Waals surface area contributed by atoms with Crippen LogP contribution in [0.25, 0.3) is 10.9 Å². The van der Waals surface area contributed by atoms with Crippen molar-refractivity contribution in [2.45, 2.75) is 64.8 Å². The number of rotatable bonds is 13. The van der Waals surface area contributed by atoms with Crippen molar-refractivity contribution in [2.24, 2.45) is 5.92 Å². The Morgan fingerprint density at radius 3 is 2.41 bits per heavy atom. The molecule has 1 heterocycles. The SMILES string of the molecule is CCCNC(=O)C(C)Cc1ccc2c(c1)c(Cc1ccc(C(=O)NS(=O)(=O)c3ccccc3C)cc1OC)cn2CCC.[Na+]. The van der Waals surface area contributed by atoms with E-state index >= 15 is 0 Å². The average molecular weight is 627 g/mol. The zero-order valence-electron chi connectivity index (χ0n) is 26.6. The molecule has 4 aromatic rings. The molecule has 8 nitrogen and oxygen atoms in total. The van der Waals surface area contributed by atoms with Crippen molar-refractivity contribution < 1.29 is 52.3 Å². The molecule has 0 fully saturated rings. The second kappa shape index (κ2) is 15.8. The molecule has 0 spiro atoms. The van der Waals surface area contributed by atoms with Crippen LogP contribution < -0.4 is 44.3 Å². The predicted molar refractivity (Wildman–Crippen MR) is 170 cm³/mol. The number of benzene rings is 3. The van der Waals surface area contributed by atoms with Crippen molar-refractivity contribution in [3.63, 3.8) is 0 Å². The molecule has 0 radical (unpaired) electrons. The molecule has 1 unspecified atom stereocenters. The Labute approximate surface area is 282 Å². The smallest absolute Gasteiger partial charge is 0.496 e. The molecule has 0 saturated carbocycles. The minimum absolute atomic E-state index is 0. The standard InChI is InChI=1S/C34H41N3O5S.Na/c1-6-16-35-33(38)24(4)18-25-12-15-30-29(19-25)28(22-37(30)17-7-2)20-26-13-14-27(21-31(26)42-5)34(39)36-43(40,41)32-11-9-8-10-23(32)3;/h8-15,19,21-22,24H,6-7,16-18,20H2,1-5H3,(H,35,38)(H,36,39);/q;+1. The second-order valence-corrected chi connectivity index (χ2v) is 12.6. The summed E-state index contributed by atoms with van der Waals surface area (Å²) in [5, 5.41) is 4.10. The van der Waals surface area contributed by atoms with Crippen LogP contribution in [0.3, 0.4) is 0 Å². The van der Waals surface area contributed by atoms with E-state index < -0.39 is 15.9 Å². The molecular formula is C34H41N3NaO5S+. The first kappa shape index (κ1) is 35.4. The Morgan fingerprint density at radius 2 is 1.73 bits per heavy atom. The number of nitrogens with one attached hydrogen (secondary N) is 2. The number of carbonyl (C=O) groups is 2. The molecule has 0 bridgehead atoms. The third-order valence-corrected chi connectivity index (χ3v) is 9.06. The van der Waals surface area contributed by atoms with E-state index in [2.05, 4.69) is 45.9 Å². The number of aryl methyl sites for hydroxylation is 2. The van der Waals surface area contributed by atoms with Crippen molar-refractivity contribution >= 4 is 32.7 Å². The summed E-state index contributed by atoms with van der Waals surface area (Å²) in [5.41, 5.74) is 4.93. The van der Waals surface area contributed by atoms with Gasteiger partial charge in [-0.1, -0.05) is 51.1 Å². The molecule has 3 aromatic carbocycles. The number of carbonyl (C=O) groups excluding carboxylic acids is 2. The minimum Gasteiger partial charge on any atom is -0.496 e. The maximum atomic E-state index is 13.0. The van der Waals surface area contributed by atoms with Gasteiger partial charge in [0.15, 0.2) is 0 Å². The van der Waals surface area contributed by atoms with E-state index in [0.29, 0.717) is 30.7 Å². The van der Waals surface area contributed by atoms with Crippen molar-refractivity contribution in [2.75, 3.05) is 13.7 Å². The number of methoxy groups -OCH3 is 1. The van der Waals surface area contributed by atoms with Gasteiger partial charge < -0.3 is 14.6 Å². The van der Waals surface area contributed by atoms with Gasteiger partial charge in [-0.05, 0) is 78.8 Å². The topological polar surface area (TPSA) is 106 Å². The van der Waals surface area contributed by atoms with Gasteiger partial charge in [0.05, 0.1) is 12.0 Å². The molecule has 1 aromatic heterocycles. The summed E-state index contributed by atoms with van der Waals surface area (Å²) in [5.74, 6) is -0.311. The molecule has 4 rings (SSSR count). The van der Waals surface area contributed by atoms with Gasteiger partial charge in [-0.2, -0.15) is 0 Å². The summed E-state index contributed by atoms with van der Waals surface area (Å²) >= 11 is 0. The molecule has 0 saturated heterocycles. The van der Waals surface area contributed by atoms with Gasteiger partial charge in [0.1, 0.15) is 5.75 Å². The van der Waals surface area contributed by atoms with Gasteiger partial charge in [0.25, 0.3) is 15.9 Å². The first-order valence-corrected chi connectivity index (χ1v) is 16.2. The summed E-state index contributed by atoms with van der Waals surface area (Å²) in [4.78, 5) is 25.5. The van der Waals surface area contributed by atoms with E-state index in [1.54, 1.807) is 43.3 Å². The van der Waals surface area contributed by atoms with E-state index in [4.69, 9.17) is 4.74 Å². The van der Waals surface area contributed by atoms with Crippen molar-refractivity contribution in [1.82, 2.24) is 14.6 Å². The van der Waals surface area contributed by atoms with E-state index in [1.165, 1.54) is 13.2 Å². The fourth-order valence-corrected chi connectivity index (χ4v) is 6.53. The quantitative estimate of drug-likeness (QED) is 0.222. The van der Waals surface area contributed by atoms with Crippen LogP contribution in [-0.4, -0.2) is 38.5 Å². The molecule has 10 heteroatoms. The normalized spacial score (nSPS) is 11.9. The molecule has 0 aliphatic heterocycles. The molecular weight excluding hydrogens is 585 g/mol. The second-order valence-electron chi connectivity index (χ2n) is 11.0. The van der Waals surface area contributed by atoms with Gasteiger partial charge in [-0.3, -0.25) is 9.59 Å². The summed E-state index contributed by atoms with van der Waals surface area (Å²) in [6, 6.07) is 17.9. The van der Waals surface area contributed by atoms with Crippen molar-refractivity contribution in [1.29, 1.82) is 0 Å². The maximum Gasteiger partial charge on any atom is 1.00 e. The van der Waals surface area contributed by atoms with Gasteiger partial charge in [0.2, 0.25) is 5.91 Å². The first-order chi connectivity index (χ1) is 20.6. The number of nitrogens with zero attached hydrogens (tertiary/aromatic N) is 1. The Bertz CT molecular complexity index is 1730. The van der Waals surface area contributed by atoms with Crippen LogP contribution in [0.15, 0.2) is 71.8 Å². The molecule has 2 N–H and O–H groups in total. The Morgan fingerprint density at radius 1 is 0.977 bits per heavy atom. The Kier molecular flexibility index (Phi) is 12.7. The predicted octanol–water partition coefficient (Wildman–Crippen LogP) is 2.79. The van der Waals surface area contributed by atoms with Crippen molar-refractivity contribution in [3.8, 4) is 5.75 Å². The average Bonchev–Trinajstić information content (AvgIpc) is 3.32. The zero-order chi connectivity index (χ0) is 31.1. The Hall–Kier alpha value is -3.11. The number of sulfonamides is 1. The van der Waals surface area contributed by atoms with Crippen LogP contribution in [0.4, 0.5) is 0 Å².